The highest BCUT2D eigenvalue weighted by molar-refractivity contribution is 7.98. The molecule has 1 N–H and O–H groups in total. The number of anilines is 2. The Morgan fingerprint density at radius 1 is 1.25 bits per heavy atom. The second-order valence-electron chi connectivity index (χ2n) is 4.90. The number of nitrogens with zero attached hydrogens (tertiary/aromatic N) is 4. The first-order chi connectivity index (χ1) is 9.47. The lowest BCUT2D eigenvalue weighted by molar-refractivity contribution is 0.222. The third-order valence-electron chi connectivity index (χ3n) is 2.88. The molecule has 0 aliphatic rings. The maximum atomic E-state index is 5.58. The van der Waals surface area contributed by atoms with Crippen LogP contribution in [0.3, 0.4) is 0 Å². The van der Waals surface area contributed by atoms with Crippen molar-refractivity contribution < 1.29 is 4.74 Å². The minimum Gasteiger partial charge on any atom is -0.461 e. The zero-order chi connectivity index (χ0) is 15.1. The molecular formula is C13H25N5OS. The summed E-state index contributed by atoms with van der Waals surface area (Å²) in [5, 5.41) is 2.94. The van der Waals surface area contributed by atoms with E-state index >= 15 is 0 Å². The molecule has 0 bridgehead atoms. The quantitative estimate of drug-likeness (QED) is 0.790. The molecule has 1 atom stereocenters. The summed E-state index contributed by atoms with van der Waals surface area (Å²) in [5.74, 6) is 2.27. The van der Waals surface area contributed by atoms with E-state index in [2.05, 4.69) is 38.3 Å². The maximum Gasteiger partial charge on any atom is 0.323 e. The van der Waals surface area contributed by atoms with Crippen molar-refractivity contribution in [2.24, 2.45) is 0 Å². The molecule has 1 unspecified atom stereocenters. The Morgan fingerprint density at radius 2 is 1.95 bits per heavy atom. The highest BCUT2D eigenvalue weighted by Gasteiger charge is 2.16. The van der Waals surface area contributed by atoms with Crippen LogP contribution in [-0.2, 0) is 0 Å². The van der Waals surface area contributed by atoms with Gasteiger partial charge in [0.15, 0.2) is 0 Å². The predicted octanol–water partition coefficient (Wildman–Crippen LogP) is 2.28. The van der Waals surface area contributed by atoms with E-state index in [0.717, 1.165) is 12.2 Å². The largest absolute Gasteiger partial charge is 0.461 e. The van der Waals surface area contributed by atoms with E-state index in [1.807, 2.05) is 32.7 Å². The Hall–Kier alpha value is -1.24. The van der Waals surface area contributed by atoms with Crippen LogP contribution in [0.1, 0.15) is 27.2 Å². The van der Waals surface area contributed by atoms with Crippen molar-refractivity contribution in [1.82, 2.24) is 15.0 Å². The Kier molecular flexibility index (Phi) is 6.84. The van der Waals surface area contributed by atoms with Crippen LogP contribution >= 0.6 is 11.8 Å². The summed E-state index contributed by atoms with van der Waals surface area (Å²) in [6, 6.07) is 0.722. The minimum atomic E-state index is 0.0363. The third kappa shape index (κ3) is 5.03. The number of thioether (sulfide) groups is 1. The lowest BCUT2D eigenvalue weighted by Crippen LogP contribution is -2.31. The molecule has 0 spiro atoms. The summed E-state index contributed by atoms with van der Waals surface area (Å²) < 4.78 is 5.58. The number of ether oxygens (including phenoxy) is 1. The second kappa shape index (κ2) is 8.14. The summed E-state index contributed by atoms with van der Waals surface area (Å²) in [7, 11) is 3.79. The van der Waals surface area contributed by atoms with Crippen LogP contribution in [0.4, 0.5) is 11.9 Å². The minimum absolute atomic E-state index is 0.0363. The molecule has 1 aromatic heterocycles. The van der Waals surface area contributed by atoms with E-state index < -0.39 is 0 Å². The summed E-state index contributed by atoms with van der Waals surface area (Å²) in [4.78, 5) is 15.1. The zero-order valence-electron chi connectivity index (χ0n) is 13.2. The van der Waals surface area contributed by atoms with Gasteiger partial charge < -0.3 is 15.0 Å². The van der Waals surface area contributed by atoms with E-state index in [9.17, 15) is 0 Å². The van der Waals surface area contributed by atoms with E-state index in [1.165, 1.54) is 0 Å². The fourth-order valence-electron chi connectivity index (χ4n) is 1.56. The van der Waals surface area contributed by atoms with Crippen LogP contribution in [0, 0.1) is 0 Å². The van der Waals surface area contributed by atoms with E-state index in [0.29, 0.717) is 23.9 Å². The van der Waals surface area contributed by atoms with Gasteiger partial charge in [0.1, 0.15) is 0 Å². The van der Waals surface area contributed by atoms with Gasteiger partial charge in [-0.3, -0.25) is 0 Å². The van der Waals surface area contributed by atoms with Gasteiger partial charge in [0.25, 0.3) is 0 Å². The van der Waals surface area contributed by atoms with Crippen LogP contribution < -0.4 is 15.0 Å². The SMILES string of the molecule is CNc1nc(OC(C)C)nc(N(C)C(C)CCSC)n1. The van der Waals surface area contributed by atoms with Gasteiger partial charge in [-0.1, -0.05) is 0 Å². The first-order valence-corrected chi connectivity index (χ1v) is 8.19. The van der Waals surface area contributed by atoms with Crippen LogP contribution in [0.25, 0.3) is 0 Å². The van der Waals surface area contributed by atoms with Crippen LogP contribution in [-0.4, -0.2) is 53.2 Å². The number of nitrogens with one attached hydrogen (secondary N) is 1. The van der Waals surface area contributed by atoms with Crippen molar-refractivity contribution in [2.45, 2.75) is 39.3 Å². The van der Waals surface area contributed by atoms with Gasteiger partial charge in [-0.2, -0.15) is 26.7 Å². The molecule has 0 saturated carbocycles. The Labute approximate surface area is 125 Å². The summed E-state index contributed by atoms with van der Waals surface area (Å²) in [6.45, 7) is 6.07. The second-order valence-corrected chi connectivity index (χ2v) is 5.89. The molecule has 0 aromatic carbocycles. The molecule has 1 heterocycles. The van der Waals surface area contributed by atoms with Gasteiger partial charge >= 0.3 is 6.01 Å². The molecule has 20 heavy (non-hydrogen) atoms. The van der Waals surface area contributed by atoms with E-state index in [4.69, 9.17) is 4.74 Å². The number of rotatable bonds is 8. The van der Waals surface area contributed by atoms with Crippen LogP contribution in [0.2, 0.25) is 0 Å². The predicted molar refractivity (Wildman–Crippen MR) is 86.0 cm³/mol. The Bertz CT molecular complexity index is 416. The fourth-order valence-corrected chi connectivity index (χ4v) is 2.13. The van der Waals surface area contributed by atoms with Crippen molar-refractivity contribution >= 4 is 23.7 Å². The van der Waals surface area contributed by atoms with Gasteiger partial charge in [0, 0.05) is 20.1 Å². The molecule has 6 nitrogen and oxygen atoms in total. The average Bonchev–Trinajstić information content (AvgIpc) is 2.42. The van der Waals surface area contributed by atoms with Gasteiger partial charge in [-0.15, -0.1) is 0 Å². The van der Waals surface area contributed by atoms with Crippen molar-refractivity contribution in [3.8, 4) is 6.01 Å². The maximum absolute atomic E-state index is 5.58. The van der Waals surface area contributed by atoms with Gasteiger partial charge in [-0.25, -0.2) is 0 Å². The summed E-state index contributed by atoms with van der Waals surface area (Å²) in [5.41, 5.74) is 0. The molecule has 0 saturated heterocycles. The summed E-state index contributed by atoms with van der Waals surface area (Å²) >= 11 is 1.84. The van der Waals surface area contributed by atoms with Crippen molar-refractivity contribution in [1.29, 1.82) is 0 Å². The molecule has 1 rings (SSSR count). The lowest BCUT2D eigenvalue weighted by atomic mass is 10.2. The van der Waals surface area contributed by atoms with Crippen molar-refractivity contribution in [3.63, 3.8) is 0 Å². The molecule has 0 aliphatic heterocycles. The van der Waals surface area contributed by atoms with Crippen molar-refractivity contribution in [3.05, 3.63) is 0 Å². The molecule has 0 fully saturated rings. The number of hydrogen-bond donors (Lipinski definition) is 1. The van der Waals surface area contributed by atoms with Gasteiger partial charge in [-0.05, 0) is 39.2 Å². The Morgan fingerprint density at radius 3 is 2.50 bits per heavy atom. The highest BCUT2D eigenvalue weighted by Crippen LogP contribution is 2.18. The third-order valence-corrected chi connectivity index (χ3v) is 3.53. The van der Waals surface area contributed by atoms with E-state index in [-0.39, 0.29) is 6.10 Å². The highest BCUT2D eigenvalue weighted by atomic mass is 32.2. The van der Waals surface area contributed by atoms with Gasteiger partial charge in [0.05, 0.1) is 6.10 Å². The van der Waals surface area contributed by atoms with Gasteiger partial charge in [0.2, 0.25) is 11.9 Å². The molecule has 114 valence electrons. The first kappa shape index (κ1) is 16.8. The fraction of sp³-hybridized carbons (Fsp3) is 0.769. The topological polar surface area (TPSA) is 63.2 Å². The van der Waals surface area contributed by atoms with E-state index in [1.54, 1.807) is 7.05 Å². The molecule has 0 amide bonds. The molecule has 0 radical (unpaired) electrons. The molecule has 7 heteroatoms. The smallest absolute Gasteiger partial charge is 0.323 e. The number of aromatic nitrogens is 3. The average molecular weight is 299 g/mol. The zero-order valence-corrected chi connectivity index (χ0v) is 14.0. The normalized spacial score (nSPS) is 12.3. The molecular weight excluding hydrogens is 274 g/mol. The van der Waals surface area contributed by atoms with Crippen LogP contribution in [0.5, 0.6) is 6.01 Å². The number of hydrogen-bond acceptors (Lipinski definition) is 7. The lowest BCUT2D eigenvalue weighted by Gasteiger charge is -2.25. The van der Waals surface area contributed by atoms with Crippen molar-refractivity contribution in [2.75, 3.05) is 36.3 Å². The summed E-state index contributed by atoms with van der Waals surface area (Å²) in [6.07, 6.45) is 3.23. The molecule has 0 aliphatic carbocycles. The monoisotopic (exact) mass is 299 g/mol. The standard InChI is InChI=1S/C13H25N5OS/c1-9(2)19-13-16-11(14-4)15-12(17-13)18(5)10(3)7-8-20-6/h9-10H,7-8H2,1-6H3,(H,14,15,16,17). The van der Waals surface area contributed by atoms with Crippen LogP contribution in [0.15, 0.2) is 0 Å². The first-order valence-electron chi connectivity index (χ1n) is 6.80. The molecule has 1 aromatic rings. The Balaban J connectivity index is 2.91.